The van der Waals surface area contributed by atoms with Gasteiger partial charge in [-0.2, -0.15) is 0 Å². The summed E-state index contributed by atoms with van der Waals surface area (Å²) in [7, 11) is 5.38. The van der Waals surface area contributed by atoms with Crippen LogP contribution in [-0.4, -0.2) is 77.5 Å². The number of esters is 1. The average Bonchev–Trinajstić information content (AvgIpc) is 3.31. The van der Waals surface area contributed by atoms with E-state index in [0.717, 1.165) is 65.3 Å². The summed E-state index contributed by atoms with van der Waals surface area (Å²) in [6.07, 6.45) is -0.400. The van der Waals surface area contributed by atoms with Crippen LogP contribution in [0.25, 0.3) is 53.9 Å². The van der Waals surface area contributed by atoms with E-state index in [2.05, 4.69) is 53.8 Å². The summed E-state index contributed by atoms with van der Waals surface area (Å²) >= 11 is 0. The molecule has 348 valence electrons. The first-order valence-electron chi connectivity index (χ1n) is 23.1. The van der Waals surface area contributed by atoms with Gasteiger partial charge in [-0.05, 0) is 130 Å². The number of amides is 3. The van der Waals surface area contributed by atoms with E-state index in [0.29, 0.717) is 48.1 Å². The highest BCUT2D eigenvalue weighted by Crippen LogP contribution is 2.37. The van der Waals surface area contributed by atoms with Crippen LogP contribution in [0.1, 0.15) is 84.5 Å². The normalized spacial score (nSPS) is 11.9. The van der Waals surface area contributed by atoms with E-state index in [4.69, 9.17) is 9.47 Å². The highest BCUT2D eigenvalue weighted by atomic mass is 16.6. The molecule has 0 unspecified atom stereocenters. The van der Waals surface area contributed by atoms with Crippen LogP contribution in [0, 0.1) is 0 Å². The molecule has 0 saturated carbocycles. The van der Waals surface area contributed by atoms with Gasteiger partial charge in [-0.3, -0.25) is 14.4 Å². The Morgan fingerprint density at radius 1 is 0.412 bits per heavy atom. The molecular formula is C58H60N4O6. The van der Waals surface area contributed by atoms with Gasteiger partial charge < -0.3 is 29.5 Å². The number of nitrogens with zero attached hydrogens (tertiary/aromatic N) is 3. The van der Waals surface area contributed by atoms with Gasteiger partial charge >= 0.3 is 12.1 Å². The number of nitrogens with one attached hydrogen (secondary N) is 1. The molecule has 3 amide bonds. The van der Waals surface area contributed by atoms with Crippen LogP contribution in [0.2, 0.25) is 0 Å². The van der Waals surface area contributed by atoms with Gasteiger partial charge in [0.1, 0.15) is 11.2 Å². The molecule has 0 spiro atoms. The lowest BCUT2D eigenvalue weighted by molar-refractivity contribution is -0.153. The third kappa shape index (κ3) is 9.87. The molecule has 8 aromatic rings. The maximum absolute atomic E-state index is 14.7. The van der Waals surface area contributed by atoms with Crippen LogP contribution in [0.5, 0.6) is 0 Å². The van der Waals surface area contributed by atoms with Crippen LogP contribution in [0.3, 0.4) is 0 Å². The predicted molar refractivity (Wildman–Crippen MR) is 274 cm³/mol. The zero-order valence-electron chi connectivity index (χ0n) is 40.5. The summed E-state index contributed by atoms with van der Waals surface area (Å²) in [5.74, 6) is -0.652. The van der Waals surface area contributed by atoms with Crippen LogP contribution in [-0.2, 0) is 40.4 Å². The SMILES string of the molecule is CN(Cc1c2ccccc2c(CN(C)C(=O)c2ccc(C(=O)N(C)Cc3c4ccccc4c(CNCC(=O)OC(C)(C)C)c4ccccc34)c3ccccc23)c2ccccc12)C(=O)OC(C)(C)C. The molecule has 1 N–H and O–H groups in total. The molecule has 0 aliphatic carbocycles. The fourth-order valence-corrected chi connectivity index (χ4v) is 9.33. The van der Waals surface area contributed by atoms with Gasteiger partial charge in [0, 0.05) is 58.4 Å². The van der Waals surface area contributed by atoms with E-state index >= 15 is 0 Å². The van der Waals surface area contributed by atoms with Crippen molar-refractivity contribution in [1.82, 2.24) is 20.0 Å². The largest absolute Gasteiger partial charge is 0.459 e. The number of carbonyl (C=O) groups excluding carboxylic acids is 4. The third-order valence-electron chi connectivity index (χ3n) is 12.3. The zero-order chi connectivity index (χ0) is 48.5. The van der Waals surface area contributed by atoms with Crippen molar-refractivity contribution in [1.29, 1.82) is 0 Å². The highest BCUT2D eigenvalue weighted by Gasteiger charge is 2.26. The summed E-state index contributed by atoms with van der Waals surface area (Å²) in [4.78, 5) is 60.1. The summed E-state index contributed by atoms with van der Waals surface area (Å²) in [5, 5.41) is 12.8. The fraction of sp³-hybridized carbons (Fsp3) is 0.276. The first-order chi connectivity index (χ1) is 32.4. The minimum absolute atomic E-state index is 0.0772. The zero-order valence-corrected chi connectivity index (χ0v) is 40.5. The maximum atomic E-state index is 14.7. The van der Waals surface area contributed by atoms with Gasteiger partial charge in [0.05, 0.1) is 6.54 Å². The highest BCUT2D eigenvalue weighted by molar-refractivity contribution is 6.15. The van der Waals surface area contributed by atoms with Crippen LogP contribution in [0.4, 0.5) is 4.79 Å². The Labute approximate surface area is 398 Å². The second-order valence-electron chi connectivity index (χ2n) is 19.7. The van der Waals surface area contributed by atoms with Crippen molar-refractivity contribution in [2.45, 2.75) is 78.9 Å². The Kier molecular flexibility index (Phi) is 13.3. The van der Waals surface area contributed by atoms with Crippen molar-refractivity contribution in [2.24, 2.45) is 0 Å². The van der Waals surface area contributed by atoms with Crippen LogP contribution in [0.15, 0.2) is 133 Å². The Morgan fingerprint density at radius 3 is 1.03 bits per heavy atom. The first kappa shape index (κ1) is 47.2. The molecule has 0 aliphatic heterocycles. The molecule has 0 bridgehead atoms. The lowest BCUT2D eigenvalue weighted by atomic mass is 9.91. The second kappa shape index (κ2) is 19.1. The number of hydrogen-bond donors (Lipinski definition) is 1. The molecular weight excluding hydrogens is 849 g/mol. The fourth-order valence-electron chi connectivity index (χ4n) is 9.33. The Bertz CT molecular complexity index is 3140. The molecule has 8 rings (SSSR count). The molecule has 0 aromatic heterocycles. The summed E-state index contributed by atoms with van der Waals surface area (Å²) in [6.45, 7) is 12.7. The monoisotopic (exact) mass is 908 g/mol. The minimum Gasteiger partial charge on any atom is -0.459 e. The van der Waals surface area contributed by atoms with Crippen molar-refractivity contribution < 1.29 is 28.7 Å². The van der Waals surface area contributed by atoms with E-state index in [9.17, 15) is 19.2 Å². The molecule has 0 atom stereocenters. The number of hydrogen-bond acceptors (Lipinski definition) is 7. The summed E-state index contributed by atoms with van der Waals surface area (Å²) < 4.78 is 11.2. The lowest BCUT2D eigenvalue weighted by Gasteiger charge is -2.26. The number of carbonyl (C=O) groups is 4. The summed E-state index contributed by atoms with van der Waals surface area (Å²) in [5.41, 5.74) is 3.89. The molecule has 0 radical (unpaired) electrons. The quantitative estimate of drug-likeness (QED) is 0.0960. The smallest absolute Gasteiger partial charge is 0.410 e. The molecule has 8 aromatic carbocycles. The van der Waals surface area contributed by atoms with Crippen molar-refractivity contribution in [3.8, 4) is 0 Å². The van der Waals surface area contributed by atoms with Gasteiger partial charge in [-0.25, -0.2) is 4.79 Å². The van der Waals surface area contributed by atoms with Gasteiger partial charge in [0.15, 0.2) is 0 Å². The Balaban J connectivity index is 1.07. The van der Waals surface area contributed by atoms with Crippen LogP contribution >= 0.6 is 0 Å². The van der Waals surface area contributed by atoms with E-state index < -0.39 is 17.3 Å². The lowest BCUT2D eigenvalue weighted by Crippen LogP contribution is -2.34. The molecule has 0 heterocycles. The van der Waals surface area contributed by atoms with Gasteiger partial charge in [0.25, 0.3) is 11.8 Å². The number of rotatable bonds is 12. The number of fused-ring (bicyclic) bond motifs is 5. The van der Waals surface area contributed by atoms with Crippen molar-refractivity contribution in [3.63, 3.8) is 0 Å². The molecule has 10 heteroatoms. The Morgan fingerprint density at radius 2 is 0.706 bits per heavy atom. The molecule has 0 aliphatic rings. The topological polar surface area (TPSA) is 108 Å². The van der Waals surface area contributed by atoms with Crippen LogP contribution < -0.4 is 5.32 Å². The number of benzene rings is 8. The maximum Gasteiger partial charge on any atom is 0.410 e. The van der Waals surface area contributed by atoms with E-state index in [1.807, 2.05) is 128 Å². The summed E-state index contributed by atoms with van der Waals surface area (Å²) in [6, 6.07) is 43.8. The van der Waals surface area contributed by atoms with E-state index in [1.165, 1.54) is 0 Å². The van der Waals surface area contributed by atoms with Gasteiger partial charge in [0.2, 0.25) is 0 Å². The van der Waals surface area contributed by atoms with Crippen molar-refractivity contribution >= 4 is 77.7 Å². The predicted octanol–water partition coefficient (Wildman–Crippen LogP) is 11.8. The average molecular weight is 909 g/mol. The minimum atomic E-state index is -0.625. The molecule has 0 saturated heterocycles. The van der Waals surface area contributed by atoms with Gasteiger partial charge in [-0.1, -0.05) is 121 Å². The molecule has 10 nitrogen and oxygen atoms in total. The second-order valence-corrected chi connectivity index (χ2v) is 19.7. The molecule has 0 fully saturated rings. The number of ether oxygens (including phenoxy) is 2. The Hall–Kier alpha value is -7.30. The molecule has 68 heavy (non-hydrogen) atoms. The van der Waals surface area contributed by atoms with E-state index in [-0.39, 0.29) is 24.3 Å². The first-order valence-corrected chi connectivity index (χ1v) is 23.1. The third-order valence-corrected chi connectivity index (χ3v) is 12.3. The van der Waals surface area contributed by atoms with Gasteiger partial charge in [-0.15, -0.1) is 0 Å². The standard InChI is InChI=1S/C58H60N4O6/c1-57(2,3)67-53(63)33-59-32-49-39-22-12-14-24-41(39)50(42-25-15-13-23-40(42)49)34-60(7)54(64)47-30-31-48(38-21-11-10-20-37(38)47)55(65)61(8)35-51-43-26-16-18-28-45(43)52(46-29-19-17-27-44(46)51)36-62(9)56(66)68-58(4,5)6/h10-31,59H,32-36H2,1-9H3. The van der Waals surface area contributed by atoms with Crippen molar-refractivity contribution in [2.75, 3.05) is 27.7 Å². The van der Waals surface area contributed by atoms with E-state index in [1.54, 1.807) is 33.9 Å². The van der Waals surface area contributed by atoms with Crippen molar-refractivity contribution in [3.05, 3.63) is 167 Å².